The first-order valence-corrected chi connectivity index (χ1v) is 9.26. The number of hydrogen-bond acceptors (Lipinski definition) is 3. The standard InChI is InChI=1S/C21H19F4N3O2/c22-17-9-14(11-26-12-17)6-7-19(29)27-18(13-28-8-2-5-20(28)30)15-3-1-4-16(10-15)21(23,24)25/h1,3-4,6-7,9-12,18H,2,5,8,13H2,(H,27,29)/b7-6+. The molecular formula is C21H19F4N3O2. The van der Waals surface area contributed by atoms with Gasteiger partial charge in [0.2, 0.25) is 11.8 Å². The number of carbonyl (C=O) groups excluding carboxylic acids is 2. The van der Waals surface area contributed by atoms with E-state index in [0.717, 1.165) is 24.4 Å². The SMILES string of the molecule is O=C(/C=C/c1cncc(F)c1)NC(CN1CCCC1=O)c1cccc(C(F)(F)F)c1. The zero-order chi connectivity index (χ0) is 21.7. The average molecular weight is 421 g/mol. The number of nitrogens with one attached hydrogen (secondary N) is 1. The van der Waals surface area contributed by atoms with E-state index in [-0.39, 0.29) is 18.0 Å². The summed E-state index contributed by atoms with van der Waals surface area (Å²) in [5.74, 6) is -1.26. The molecule has 2 heterocycles. The number of halogens is 4. The van der Waals surface area contributed by atoms with Gasteiger partial charge in [0.15, 0.2) is 0 Å². The Morgan fingerprint density at radius 1 is 1.27 bits per heavy atom. The third kappa shape index (κ3) is 5.65. The van der Waals surface area contributed by atoms with Gasteiger partial charge in [0.1, 0.15) is 5.82 Å². The molecule has 5 nitrogen and oxygen atoms in total. The minimum absolute atomic E-state index is 0.0568. The lowest BCUT2D eigenvalue weighted by atomic mass is 10.0. The Balaban J connectivity index is 1.80. The summed E-state index contributed by atoms with van der Waals surface area (Å²) in [7, 11) is 0. The van der Waals surface area contributed by atoms with Crippen LogP contribution in [0.15, 0.2) is 48.8 Å². The highest BCUT2D eigenvalue weighted by molar-refractivity contribution is 5.92. The quantitative estimate of drug-likeness (QED) is 0.571. The van der Waals surface area contributed by atoms with E-state index in [9.17, 15) is 27.2 Å². The van der Waals surface area contributed by atoms with E-state index in [4.69, 9.17) is 0 Å². The van der Waals surface area contributed by atoms with Gasteiger partial charge in [-0.2, -0.15) is 13.2 Å². The Morgan fingerprint density at radius 2 is 2.07 bits per heavy atom. The maximum atomic E-state index is 13.2. The molecule has 1 saturated heterocycles. The molecule has 0 spiro atoms. The molecule has 30 heavy (non-hydrogen) atoms. The number of carbonyl (C=O) groups is 2. The van der Waals surface area contributed by atoms with E-state index in [0.29, 0.717) is 24.9 Å². The van der Waals surface area contributed by atoms with Gasteiger partial charge >= 0.3 is 6.18 Å². The van der Waals surface area contributed by atoms with Gasteiger partial charge in [0.25, 0.3) is 0 Å². The molecule has 2 amide bonds. The molecule has 2 aromatic rings. The van der Waals surface area contributed by atoms with Crippen LogP contribution in [0.5, 0.6) is 0 Å². The Bertz CT molecular complexity index is 959. The summed E-state index contributed by atoms with van der Waals surface area (Å²) in [6, 6.07) is 4.99. The van der Waals surface area contributed by atoms with Crippen molar-refractivity contribution < 1.29 is 27.2 Å². The van der Waals surface area contributed by atoms with Gasteiger partial charge in [-0.15, -0.1) is 0 Å². The number of amides is 2. The Kier molecular flexibility index (Phi) is 6.49. The molecule has 1 aromatic carbocycles. The number of aromatic nitrogens is 1. The van der Waals surface area contributed by atoms with E-state index in [1.165, 1.54) is 35.4 Å². The summed E-state index contributed by atoms with van der Waals surface area (Å²) < 4.78 is 52.5. The largest absolute Gasteiger partial charge is 0.416 e. The van der Waals surface area contributed by atoms with Gasteiger partial charge in [0.05, 0.1) is 17.8 Å². The smallest absolute Gasteiger partial charge is 0.344 e. The van der Waals surface area contributed by atoms with Gasteiger partial charge in [-0.05, 0) is 41.8 Å². The van der Waals surface area contributed by atoms with Crippen molar-refractivity contribution >= 4 is 17.9 Å². The Hall–Kier alpha value is -3.23. The number of rotatable bonds is 6. The van der Waals surface area contributed by atoms with Gasteiger partial charge < -0.3 is 10.2 Å². The average Bonchev–Trinajstić information content (AvgIpc) is 3.10. The van der Waals surface area contributed by atoms with Crippen LogP contribution in [0.4, 0.5) is 17.6 Å². The lowest BCUT2D eigenvalue weighted by molar-refractivity contribution is -0.137. The summed E-state index contributed by atoms with van der Waals surface area (Å²) in [5.41, 5.74) is -0.248. The zero-order valence-corrected chi connectivity index (χ0v) is 15.8. The molecular weight excluding hydrogens is 402 g/mol. The van der Waals surface area contributed by atoms with Crippen LogP contribution in [0.2, 0.25) is 0 Å². The highest BCUT2D eigenvalue weighted by Gasteiger charge is 2.32. The van der Waals surface area contributed by atoms with E-state index < -0.39 is 29.5 Å². The third-order valence-corrected chi connectivity index (χ3v) is 4.66. The van der Waals surface area contributed by atoms with Crippen LogP contribution >= 0.6 is 0 Å². The van der Waals surface area contributed by atoms with Gasteiger partial charge in [-0.1, -0.05) is 12.1 Å². The molecule has 0 bridgehead atoms. The van der Waals surface area contributed by atoms with Crippen molar-refractivity contribution in [1.82, 2.24) is 15.2 Å². The van der Waals surface area contributed by atoms with Crippen LogP contribution in [-0.2, 0) is 15.8 Å². The highest BCUT2D eigenvalue weighted by Crippen LogP contribution is 2.31. The van der Waals surface area contributed by atoms with Crippen molar-refractivity contribution in [3.05, 3.63) is 71.3 Å². The van der Waals surface area contributed by atoms with Crippen LogP contribution in [0, 0.1) is 5.82 Å². The molecule has 1 atom stereocenters. The molecule has 1 aliphatic rings. The number of benzene rings is 1. The number of alkyl halides is 3. The second-order valence-corrected chi connectivity index (χ2v) is 6.90. The van der Waals surface area contributed by atoms with Crippen LogP contribution in [0.3, 0.4) is 0 Å². The predicted molar refractivity (Wildman–Crippen MR) is 101 cm³/mol. The van der Waals surface area contributed by atoms with Crippen molar-refractivity contribution in [2.24, 2.45) is 0 Å². The summed E-state index contributed by atoms with van der Waals surface area (Å²) in [5, 5.41) is 2.64. The summed E-state index contributed by atoms with van der Waals surface area (Å²) in [6.45, 7) is 0.538. The first-order valence-electron chi connectivity index (χ1n) is 9.26. The second-order valence-electron chi connectivity index (χ2n) is 6.90. The maximum absolute atomic E-state index is 13.2. The van der Waals surface area contributed by atoms with Crippen molar-refractivity contribution in [2.75, 3.05) is 13.1 Å². The fraction of sp³-hybridized carbons (Fsp3) is 0.286. The molecule has 0 saturated carbocycles. The Labute approximate surface area is 170 Å². The molecule has 1 fully saturated rings. The molecule has 9 heteroatoms. The molecule has 1 aromatic heterocycles. The molecule has 1 N–H and O–H groups in total. The van der Waals surface area contributed by atoms with Crippen molar-refractivity contribution in [3.63, 3.8) is 0 Å². The fourth-order valence-corrected chi connectivity index (χ4v) is 3.19. The molecule has 0 radical (unpaired) electrons. The van der Waals surface area contributed by atoms with Crippen LogP contribution in [-0.4, -0.2) is 34.8 Å². The maximum Gasteiger partial charge on any atom is 0.416 e. The predicted octanol–water partition coefficient (Wildman–Crippen LogP) is 3.73. The molecule has 1 unspecified atom stereocenters. The molecule has 3 rings (SSSR count). The Morgan fingerprint density at radius 3 is 2.73 bits per heavy atom. The molecule has 1 aliphatic heterocycles. The minimum Gasteiger partial charge on any atom is -0.344 e. The number of pyridine rings is 1. The first-order chi connectivity index (χ1) is 14.2. The zero-order valence-electron chi connectivity index (χ0n) is 15.8. The summed E-state index contributed by atoms with van der Waals surface area (Å²) in [6.07, 6.45) is 1.37. The highest BCUT2D eigenvalue weighted by atomic mass is 19.4. The summed E-state index contributed by atoms with van der Waals surface area (Å²) >= 11 is 0. The molecule has 0 aliphatic carbocycles. The first kappa shape index (κ1) is 21.5. The van der Waals surface area contributed by atoms with Crippen molar-refractivity contribution in [3.8, 4) is 0 Å². The monoisotopic (exact) mass is 421 g/mol. The van der Waals surface area contributed by atoms with Gasteiger partial charge in [0, 0.05) is 31.8 Å². The normalized spacial score (nSPS) is 15.6. The minimum atomic E-state index is -4.53. The lowest BCUT2D eigenvalue weighted by Gasteiger charge is -2.25. The second kappa shape index (κ2) is 9.06. The van der Waals surface area contributed by atoms with E-state index in [1.54, 1.807) is 0 Å². The van der Waals surface area contributed by atoms with E-state index in [2.05, 4.69) is 10.3 Å². The van der Waals surface area contributed by atoms with Gasteiger partial charge in [-0.25, -0.2) is 4.39 Å². The summed E-state index contributed by atoms with van der Waals surface area (Å²) in [4.78, 5) is 29.5. The fourth-order valence-electron chi connectivity index (χ4n) is 3.19. The van der Waals surface area contributed by atoms with Crippen LogP contribution < -0.4 is 5.32 Å². The lowest BCUT2D eigenvalue weighted by Crippen LogP contribution is -2.38. The van der Waals surface area contributed by atoms with Gasteiger partial charge in [-0.3, -0.25) is 14.6 Å². The van der Waals surface area contributed by atoms with Crippen LogP contribution in [0.1, 0.15) is 35.6 Å². The topological polar surface area (TPSA) is 62.3 Å². The van der Waals surface area contributed by atoms with E-state index in [1.807, 2.05) is 0 Å². The molecule has 158 valence electrons. The number of likely N-dealkylation sites (tertiary alicyclic amines) is 1. The third-order valence-electron chi connectivity index (χ3n) is 4.66. The van der Waals surface area contributed by atoms with Crippen molar-refractivity contribution in [1.29, 1.82) is 0 Å². The van der Waals surface area contributed by atoms with Crippen LogP contribution in [0.25, 0.3) is 6.08 Å². The number of nitrogens with zero attached hydrogens (tertiary/aromatic N) is 2. The van der Waals surface area contributed by atoms with E-state index >= 15 is 0 Å². The number of hydrogen-bond donors (Lipinski definition) is 1. The van der Waals surface area contributed by atoms with Crippen molar-refractivity contribution in [2.45, 2.75) is 25.1 Å².